The molecule has 0 amide bonds. The summed E-state index contributed by atoms with van der Waals surface area (Å²) >= 11 is 0. The van der Waals surface area contributed by atoms with Gasteiger partial charge < -0.3 is 4.74 Å². The zero-order chi connectivity index (χ0) is 43.7. The van der Waals surface area contributed by atoms with Crippen LogP contribution in [0.1, 0.15) is 83.2 Å². The SMILES string of the molecule is CC[C@@H]1C(c2ccccc2-c2ccc3c(c2)C2(c4ccccc4Oc4ccccc42)c2ccccc2C3(C)C)=NC(c2ccc(-c3ccccc3)c3ccccc23)=CC1c1ccccc1. The number of benzene rings is 9. The molecule has 2 atom stereocenters. The second-order valence-corrected chi connectivity index (χ2v) is 18.4. The average Bonchev–Trinajstić information content (AvgIpc) is 3.37. The Balaban J connectivity index is 1.09. The molecule has 2 nitrogen and oxygen atoms in total. The van der Waals surface area contributed by atoms with Gasteiger partial charge in [-0.25, -0.2) is 0 Å². The van der Waals surface area contributed by atoms with E-state index in [0.29, 0.717) is 0 Å². The second kappa shape index (κ2) is 15.3. The van der Waals surface area contributed by atoms with Crippen molar-refractivity contribution in [1.82, 2.24) is 0 Å². The van der Waals surface area contributed by atoms with Crippen molar-refractivity contribution in [3.05, 3.63) is 268 Å². The van der Waals surface area contributed by atoms with E-state index in [0.717, 1.165) is 34.9 Å². The highest BCUT2D eigenvalue weighted by molar-refractivity contribution is 6.12. The second-order valence-electron chi connectivity index (χ2n) is 18.4. The third-order valence-corrected chi connectivity index (χ3v) is 14.7. The van der Waals surface area contributed by atoms with E-state index in [-0.39, 0.29) is 17.3 Å². The molecular formula is C63H49NO. The Labute approximate surface area is 382 Å². The summed E-state index contributed by atoms with van der Waals surface area (Å²) in [6, 6.07) is 77.9. The third-order valence-electron chi connectivity index (χ3n) is 14.7. The fraction of sp³-hybridized carbons (Fsp3) is 0.127. The molecule has 0 radical (unpaired) electrons. The highest BCUT2D eigenvalue weighted by Crippen LogP contribution is 2.62. The molecule has 65 heavy (non-hydrogen) atoms. The van der Waals surface area contributed by atoms with Crippen LogP contribution in [0.25, 0.3) is 38.7 Å². The lowest BCUT2D eigenvalue weighted by Crippen LogP contribution is -2.43. The van der Waals surface area contributed by atoms with Gasteiger partial charge in [0.05, 0.1) is 16.8 Å². The molecule has 1 spiro atoms. The van der Waals surface area contributed by atoms with Gasteiger partial charge >= 0.3 is 0 Å². The highest BCUT2D eigenvalue weighted by Gasteiger charge is 2.53. The molecule has 0 saturated carbocycles. The molecule has 0 bridgehead atoms. The molecule has 1 unspecified atom stereocenters. The largest absolute Gasteiger partial charge is 0.457 e. The molecule has 312 valence electrons. The summed E-state index contributed by atoms with van der Waals surface area (Å²) in [7, 11) is 0. The number of rotatable bonds is 6. The van der Waals surface area contributed by atoms with E-state index in [2.05, 4.69) is 239 Å². The smallest absolute Gasteiger partial charge is 0.132 e. The number of nitrogens with zero attached hydrogens (tertiary/aromatic N) is 1. The summed E-state index contributed by atoms with van der Waals surface area (Å²) in [5.41, 5.74) is 17.3. The molecule has 1 aliphatic carbocycles. The molecule has 2 heterocycles. The van der Waals surface area contributed by atoms with Crippen molar-refractivity contribution in [3.8, 4) is 33.8 Å². The average molecular weight is 836 g/mol. The normalized spacial score (nSPS) is 17.5. The third kappa shape index (κ3) is 5.97. The Bertz CT molecular complexity index is 3330. The Hall–Kier alpha value is -7.55. The summed E-state index contributed by atoms with van der Waals surface area (Å²) in [6.07, 6.45) is 3.39. The predicted molar refractivity (Wildman–Crippen MR) is 269 cm³/mol. The van der Waals surface area contributed by atoms with Gasteiger partial charge in [0.15, 0.2) is 0 Å². The van der Waals surface area contributed by atoms with Crippen LogP contribution in [0, 0.1) is 5.92 Å². The number of aliphatic imine (C=N–C) groups is 1. The van der Waals surface area contributed by atoms with Crippen molar-refractivity contribution in [3.63, 3.8) is 0 Å². The van der Waals surface area contributed by atoms with Gasteiger partial charge in [-0.3, -0.25) is 4.99 Å². The molecule has 0 aromatic heterocycles. The lowest BCUT2D eigenvalue weighted by atomic mass is 9.53. The van der Waals surface area contributed by atoms with Gasteiger partial charge in [0.1, 0.15) is 11.5 Å². The number of fused-ring (bicyclic) bond motifs is 9. The van der Waals surface area contributed by atoms with Crippen molar-refractivity contribution in [2.75, 3.05) is 0 Å². The lowest BCUT2D eigenvalue weighted by Gasteiger charge is -2.50. The minimum atomic E-state index is -0.604. The van der Waals surface area contributed by atoms with Crippen LogP contribution in [0.15, 0.2) is 223 Å². The maximum Gasteiger partial charge on any atom is 0.132 e. The van der Waals surface area contributed by atoms with Crippen LogP contribution in [-0.2, 0) is 10.8 Å². The molecule has 0 saturated heterocycles. The lowest BCUT2D eigenvalue weighted by molar-refractivity contribution is 0.425. The molecule has 9 aromatic carbocycles. The maximum atomic E-state index is 6.75. The van der Waals surface area contributed by atoms with Crippen LogP contribution in [0.5, 0.6) is 11.5 Å². The molecule has 2 aliphatic heterocycles. The van der Waals surface area contributed by atoms with E-state index in [1.807, 2.05) is 0 Å². The van der Waals surface area contributed by atoms with Crippen molar-refractivity contribution in [1.29, 1.82) is 0 Å². The van der Waals surface area contributed by atoms with Gasteiger partial charge in [-0.2, -0.15) is 0 Å². The molecule has 2 heteroatoms. The number of hydrogen-bond donors (Lipinski definition) is 0. The highest BCUT2D eigenvalue weighted by atomic mass is 16.5. The Morgan fingerprint density at radius 2 is 0.985 bits per heavy atom. The van der Waals surface area contributed by atoms with Crippen LogP contribution in [0.2, 0.25) is 0 Å². The zero-order valence-corrected chi connectivity index (χ0v) is 37.0. The first kappa shape index (κ1) is 39.1. The fourth-order valence-electron chi connectivity index (χ4n) is 11.7. The molecule has 0 N–H and O–H groups in total. The number of para-hydroxylation sites is 2. The zero-order valence-electron chi connectivity index (χ0n) is 37.0. The van der Waals surface area contributed by atoms with E-state index in [4.69, 9.17) is 9.73 Å². The minimum absolute atomic E-state index is 0.128. The van der Waals surface area contributed by atoms with Crippen LogP contribution in [0.4, 0.5) is 0 Å². The van der Waals surface area contributed by atoms with Crippen LogP contribution >= 0.6 is 0 Å². The van der Waals surface area contributed by atoms with Crippen LogP contribution < -0.4 is 4.74 Å². The Kier molecular flexibility index (Phi) is 9.21. The van der Waals surface area contributed by atoms with Crippen molar-refractivity contribution >= 4 is 22.2 Å². The summed E-state index contributed by atoms with van der Waals surface area (Å²) < 4.78 is 6.75. The monoisotopic (exact) mass is 835 g/mol. The quantitative estimate of drug-likeness (QED) is 0.163. The first-order chi connectivity index (χ1) is 32.0. The van der Waals surface area contributed by atoms with E-state index >= 15 is 0 Å². The van der Waals surface area contributed by atoms with E-state index in [1.54, 1.807) is 0 Å². The van der Waals surface area contributed by atoms with E-state index < -0.39 is 5.41 Å². The molecular weight excluding hydrogens is 787 g/mol. The summed E-state index contributed by atoms with van der Waals surface area (Å²) in [6.45, 7) is 7.10. The summed E-state index contributed by atoms with van der Waals surface area (Å²) in [5.74, 6) is 2.08. The summed E-state index contributed by atoms with van der Waals surface area (Å²) in [4.78, 5) is 5.83. The van der Waals surface area contributed by atoms with Crippen molar-refractivity contribution in [2.45, 2.75) is 43.9 Å². The maximum absolute atomic E-state index is 6.75. The topological polar surface area (TPSA) is 21.6 Å². The van der Waals surface area contributed by atoms with Crippen LogP contribution in [0.3, 0.4) is 0 Å². The van der Waals surface area contributed by atoms with E-state index in [1.165, 1.54) is 77.5 Å². The van der Waals surface area contributed by atoms with Gasteiger partial charge in [-0.05, 0) is 91.5 Å². The van der Waals surface area contributed by atoms with Gasteiger partial charge in [-0.1, -0.05) is 215 Å². The minimum Gasteiger partial charge on any atom is -0.457 e. The van der Waals surface area contributed by atoms with Crippen molar-refractivity contribution in [2.24, 2.45) is 10.9 Å². The first-order valence-electron chi connectivity index (χ1n) is 23.1. The Morgan fingerprint density at radius 3 is 1.68 bits per heavy atom. The standard InChI is InChI=1S/C63H49NO/c1-4-44-51(42-23-9-6-10-24-42)40-58(49-37-36-46(41-21-7-5-8-22-41)47-26-12-13-27-48(47)49)64-61(44)50-28-14-11-25-45(50)43-35-38-53-57(39-43)63(54-30-16-15-29-52(54)62(53,2)3)55-31-17-19-33-59(55)65-60-34-20-18-32-56(60)63/h5-40,44,51H,4H2,1-3H3/t44-,51?/m0/s1. The fourth-order valence-corrected chi connectivity index (χ4v) is 11.7. The molecule has 12 rings (SSSR count). The van der Waals surface area contributed by atoms with E-state index in [9.17, 15) is 0 Å². The first-order valence-corrected chi connectivity index (χ1v) is 23.1. The Morgan fingerprint density at radius 1 is 0.446 bits per heavy atom. The molecule has 9 aromatic rings. The number of hydrogen-bond acceptors (Lipinski definition) is 2. The molecule has 0 fully saturated rings. The van der Waals surface area contributed by atoms with Crippen LogP contribution in [-0.4, -0.2) is 5.71 Å². The van der Waals surface area contributed by atoms with Gasteiger partial charge in [0.25, 0.3) is 0 Å². The summed E-state index contributed by atoms with van der Waals surface area (Å²) in [5, 5.41) is 2.44. The predicted octanol–water partition coefficient (Wildman–Crippen LogP) is 16.0. The number of ether oxygens (including phenoxy) is 1. The van der Waals surface area contributed by atoms with Gasteiger partial charge in [0, 0.05) is 39.5 Å². The van der Waals surface area contributed by atoms with Gasteiger partial charge in [-0.15, -0.1) is 0 Å². The van der Waals surface area contributed by atoms with Gasteiger partial charge in [0.2, 0.25) is 0 Å². The molecule has 3 aliphatic rings. The number of allylic oxidation sites excluding steroid dienone is 1. The van der Waals surface area contributed by atoms with Crippen molar-refractivity contribution < 1.29 is 4.74 Å².